The first kappa shape index (κ1) is 19.2. The first-order chi connectivity index (χ1) is 13.9. The summed E-state index contributed by atoms with van der Waals surface area (Å²) in [6.45, 7) is 1.74. The standard InChI is InChI=1S/C21H18FN3O3S/c1-14(15-8-10-17(22)11-9-15)25(2)29(26,27)18-12-19-20(16-6-4-3-5-7-16)24-28-21(19)23-13-18/h3-14H,1-2H3/t14-/m0/s1. The first-order valence-corrected chi connectivity index (χ1v) is 10.4. The van der Waals surface area contributed by atoms with Gasteiger partial charge in [-0.3, -0.25) is 0 Å². The maximum Gasteiger partial charge on any atom is 0.258 e. The van der Waals surface area contributed by atoms with Gasteiger partial charge >= 0.3 is 0 Å². The minimum Gasteiger partial charge on any atom is -0.335 e. The van der Waals surface area contributed by atoms with Crippen LogP contribution in [0.5, 0.6) is 0 Å². The Balaban J connectivity index is 1.73. The van der Waals surface area contributed by atoms with Crippen LogP contribution in [0, 0.1) is 5.82 Å². The van der Waals surface area contributed by atoms with E-state index in [9.17, 15) is 12.8 Å². The van der Waals surface area contributed by atoms with E-state index >= 15 is 0 Å². The molecule has 0 bridgehead atoms. The molecule has 6 nitrogen and oxygen atoms in total. The van der Waals surface area contributed by atoms with Gasteiger partial charge < -0.3 is 4.52 Å². The summed E-state index contributed by atoms with van der Waals surface area (Å²) in [6, 6.07) is 16.1. The first-order valence-electron chi connectivity index (χ1n) is 8.92. The Morgan fingerprint density at radius 2 is 1.76 bits per heavy atom. The third-order valence-corrected chi connectivity index (χ3v) is 6.82. The van der Waals surface area contributed by atoms with Gasteiger partial charge in [-0.1, -0.05) is 47.6 Å². The van der Waals surface area contributed by atoms with Crippen molar-refractivity contribution < 1.29 is 17.3 Å². The third-order valence-electron chi connectivity index (χ3n) is 4.93. The lowest BCUT2D eigenvalue weighted by atomic mass is 10.1. The highest BCUT2D eigenvalue weighted by atomic mass is 32.2. The molecule has 2 aromatic heterocycles. The van der Waals surface area contributed by atoms with Crippen molar-refractivity contribution in [1.82, 2.24) is 14.4 Å². The van der Waals surface area contributed by atoms with Crippen LogP contribution in [0.1, 0.15) is 18.5 Å². The van der Waals surface area contributed by atoms with Crippen LogP contribution in [0.15, 0.2) is 76.3 Å². The Bertz CT molecular complexity index is 1260. The van der Waals surface area contributed by atoms with Crippen molar-refractivity contribution in [3.8, 4) is 11.3 Å². The largest absolute Gasteiger partial charge is 0.335 e. The fourth-order valence-corrected chi connectivity index (χ4v) is 4.41. The number of halogens is 1. The second-order valence-electron chi connectivity index (χ2n) is 6.67. The van der Waals surface area contributed by atoms with Crippen molar-refractivity contribution in [2.24, 2.45) is 0 Å². The SMILES string of the molecule is C[C@@H](c1ccc(F)cc1)N(C)S(=O)(=O)c1cnc2onc(-c3ccccc3)c2c1. The summed E-state index contributed by atoms with van der Waals surface area (Å²) in [6.07, 6.45) is 1.26. The molecule has 8 heteroatoms. The van der Waals surface area contributed by atoms with Gasteiger partial charge in [-0.2, -0.15) is 4.31 Å². The Labute approximate surface area is 167 Å². The fraction of sp³-hybridized carbons (Fsp3) is 0.143. The van der Waals surface area contributed by atoms with E-state index in [1.165, 1.54) is 35.7 Å². The number of hydrogen-bond acceptors (Lipinski definition) is 5. The van der Waals surface area contributed by atoms with E-state index in [0.717, 1.165) is 5.56 Å². The summed E-state index contributed by atoms with van der Waals surface area (Å²) in [5, 5.41) is 4.56. The Morgan fingerprint density at radius 3 is 2.45 bits per heavy atom. The summed E-state index contributed by atoms with van der Waals surface area (Å²) < 4.78 is 46.1. The molecule has 1 atom stereocenters. The zero-order valence-electron chi connectivity index (χ0n) is 15.8. The van der Waals surface area contributed by atoms with E-state index in [4.69, 9.17) is 4.52 Å². The van der Waals surface area contributed by atoms with Gasteiger partial charge in [0.15, 0.2) is 0 Å². The molecule has 4 rings (SSSR count). The molecule has 0 aliphatic heterocycles. The van der Waals surface area contributed by atoms with Crippen molar-refractivity contribution in [3.05, 3.63) is 78.2 Å². The molecule has 0 fully saturated rings. The van der Waals surface area contributed by atoms with E-state index in [1.807, 2.05) is 30.3 Å². The molecule has 4 aromatic rings. The number of aromatic nitrogens is 2. The number of benzene rings is 2. The van der Waals surface area contributed by atoms with Crippen LogP contribution >= 0.6 is 0 Å². The van der Waals surface area contributed by atoms with Gasteiger partial charge in [-0.15, -0.1) is 0 Å². The Morgan fingerprint density at radius 1 is 1.07 bits per heavy atom. The lowest BCUT2D eigenvalue weighted by molar-refractivity contribution is 0.398. The molecular formula is C21H18FN3O3S. The number of hydrogen-bond donors (Lipinski definition) is 0. The molecular weight excluding hydrogens is 393 g/mol. The van der Waals surface area contributed by atoms with E-state index in [0.29, 0.717) is 16.6 Å². The second-order valence-corrected chi connectivity index (χ2v) is 8.67. The molecule has 0 N–H and O–H groups in total. The maximum absolute atomic E-state index is 13.2. The second kappa shape index (κ2) is 7.38. The topological polar surface area (TPSA) is 76.3 Å². The monoisotopic (exact) mass is 411 g/mol. The Kier molecular flexibility index (Phi) is 4.89. The lowest BCUT2D eigenvalue weighted by Crippen LogP contribution is -2.29. The molecule has 148 valence electrons. The van der Waals surface area contributed by atoms with Crippen molar-refractivity contribution in [2.45, 2.75) is 17.9 Å². The fourth-order valence-electron chi connectivity index (χ4n) is 3.08. The predicted molar refractivity (Wildman–Crippen MR) is 107 cm³/mol. The molecule has 0 aliphatic rings. The number of rotatable bonds is 5. The van der Waals surface area contributed by atoms with Crippen LogP contribution in [-0.2, 0) is 10.0 Å². The van der Waals surface area contributed by atoms with Crippen LogP contribution < -0.4 is 0 Å². The third kappa shape index (κ3) is 3.52. The summed E-state index contributed by atoms with van der Waals surface area (Å²) in [7, 11) is -2.37. The minimum absolute atomic E-state index is 0.0295. The molecule has 0 aliphatic carbocycles. The van der Waals surface area contributed by atoms with Gasteiger partial charge in [0.05, 0.1) is 11.6 Å². The number of fused-ring (bicyclic) bond motifs is 1. The predicted octanol–water partition coefficient (Wildman–Crippen LogP) is 4.41. The van der Waals surface area contributed by atoms with Crippen molar-refractivity contribution >= 4 is 21.1 Å². The summed E-state index contributed by atoms with van der Waals surface area (Å²) in [5.41, 5.74) is 2.27. The average molecular weight is 411 g/mol. The van der Waals surface area contributed by atoms with E-state index in [2.05, 4.69) is 10.1 Å². The molecule has 2 aromatic carbocycles. The normalized spacial score (nSPS) is 13.1. The van der Waals surface area contributed by atoms with Crippen molar-refractivity contribution in [2.75, 3.05) is 7.05 Å². The highest BCUT2D eigenvalue weighted by Crippen LogP contribution is 2.31. The van der Waals surface area contributed by atoms with Crippen molar-refractivity contribution in [3.63, 3.8) is 0 Å². The van der Waals surface area contributed by atoms with Gasteiger partial charge in [-0.05, 0) is 30.7 Å². The van der Waals surface area contributed by atoms with Gasteiger partial charge in [0.25, 0.3) is 5.71 Å². The van der Waals surface area contributed by atoms with E-state index in [-0.39, 0.29) is 16.4 Å². The molecule has 0 unspecified atom stereocenters. The highest BCUT2D eigenvalue weighted by molar-refractivity contribution is 7.89. The van der Waals surface area contributed by atoms with Crippen LogP contribution in [0.3, 0.4) is 0 Å². The average Bonchev–Trinajstić information content (AvgIpc) is 3.17. The zero-order chi connectivity index (χ0) is 20.6. The van der Waals surface area contributed by atoms with E-state index in [1.54, 1.807) is 19.1 Å². The van der Waals surface area contributed by atoms with Crippen LogP contribution in [0.4, 0.5) is 4.39 Å². The molecule has 0 amide bonds. The molecule has 0 radical (unpaired) electrons. The molecule has 0 spiro atoms. The van der Waals surface area contributed by atoms with Gasteiger partial charge in [0.1, 0.15) is 16.4 Å². The van der Waals surface area contributed by atoms with Crippen molar-refractivity contribution in [1.29, 1.82) is 0 Å². The number of pyridine rings is 1. The summed E-state index contributed by atoms with van der Waals surface area (Å²) >= 11 is 0. The minimum atomic E-state index is -3.86. The highest BCUT2D eigenvalue weighted by Gasteiger charge is 2.28. The number of sulfonamides is 1. The molecule has 0 saturated carbocycles. The van der Waals surface area contributed by atoms with Gasteiger partial charge in [0.2, 0.25) is 10.0 Å². The quantitative estimate of drug-likeness (QED) is 0.486. The smallest absolute Gasteiger partial charge is 0.258 e. The maximum atomic E-state index is 13.2. The molecule has 0 saturated heterocycles. The van der Waals surface area contributed by atoms with Gasteiger partial charge in [0, 0.05) is 18.7 Å². The van der Waals surface area contributed by atoms with E-state index < -0.39 is 16.1 Å². The zero-order valence-corrected chi connectivity index (χ0v) is 16.6. The van der Waals surface area contributed by atoms with Crippen LogP contribution in [-0.4, -0.2) is 29.9 Å². The van der Waals surface area contributed by atoms with Crippen LogP contribution in [0.2, 0.25) is 0 Å². The summed E-state index contributed by atoms with van der Waals surface area (Å²) in [4.78, 5) is 4.16. The summed E-state index contributed by atoms with van der Waals surface area (Å²) in [5.74, 6) is -0.373. The number of nitrogens with zero attached hydrogens (tertiary/aromatic N) is 3. The molecule has 29 heavy (non-hydrogen) atoms. The lowest BCUT2D eigenvalue weighted by Gasteiger charge is -2.24. The molecule has 2 heterocycles. The Hall–Kier alpha value is -3.10. The van der Waals surface area contributed by atoms with Crippen LogP contribution in [0.25, 0.3) is 22.4 Å². The van der Waals surface area contributed by atoms with Gasteiger partial charge in [-0.25, -0.2) is 17.8 Å².